The molecule has 0 saturated carbocycles. The minimum Gasteiger partial charge on any atom is -0.395 e. The molecule has 0 aromatic carbocycles. The van der Waals surface area contributed by atoms with Gasteiger partial charge in [0.25, 0.3) is 0 Å². The number of unbranched alkanes of at least 4 members (excludes halogenated alkanes) is 3. The second-order valence-electron chi connectivity index (χ2n) is 5.95. The molecular formula is C14H30N2O2. The maximum absolute atomic E-state index is 12.2. The van der Waals surface area contributed by atoms with Crippen molar-refractivity contribution in [1.82, 2.24) is 4.90 Å². The molecule has 0 fully saturated rings. The van der Waals surface area contributed by atoms with Crippen LogP contribution >= 0.6 is 0 Å². The lowest BCUT2D eigenvalue weighted by molar-refractivity contribution is -0.135. The number of aliphatic hydroxyl groups is 1. The van der Waals surface area contributed by atoms with E-state index in [4.69, 9.17) is 10.8 Å². The minimum absolute atomic E-state index is 0.00359. The SMILES string of the molecule is CCCCCCN(CCO)C(=O)C(N)C(C)(C)C. The second-order valence-corrected chi connectivity index (χ2v) is 5.95. The molecule has 0 aromatic rings. The van der Waals surface area contributed by atoms with E-state index < -0.39 is 6.04 Å². The molecule has 0 rings (SSSR count). The normalized spacial score (nSPS) is 13.4. The fraction of sp³-hybridized carbons (Fsp3) is 0.929. The fourth-order valence-corrected chi connectivity index (χ4v) is 1.75. The molecule has 0 heterocycles. The standard InChI is InChI=1S/C14H30N2O2/c1-5-6-7-8-9-16(10-11-17)13(18)12(15)14(2,3)4/h12,17H,5-11,15H2,1-4H3. The van der Waals surface area contributed by atoms with E-state index in [-0.39, 0.29) is 17.9 Å². The molecule has 0 aliphatic rings. The number of nitrogens with two attached hydrogens (primary N) is 1. The van der Waals surface area contributed by atoms with E-state index in [1.54, 1.807) is 4.90 Å². The van der Waals surface area contributed by atoms with Crippen LogP contribution in [-0.4, -0.2) is 41.7 Å². The Morgan fingerprint density at radius 2 is 1.83 bits per heavy atom. The topological polar surface area (TPSA) is 66.6 Å². The van der Waals surface area contributed by atoms with Gasteiger partial charge in [-0.2, -0.15) is 0 Å². The number of aliphatic hydroxyl groups excluding tert-OH is 1. The average Bonchev–Trinajstić information content (AvgIpc) is 2.30. The lowest BCUT2D eigenvalue weighted by Gasteiger charge is -2.31. The number of carbonyl (C=O) groups excluding carboxylic acids is 1. The third-order valence-electron chi connectivity index (χ3n) is 3.16. The zero-order valence-corrected chi connectivity index (χ0v) is 12.4. The third kappa shape index (κ3) is 6.36. The summed E-state index contributed by atoms with van der Waals surface area (Å²) in [6, 6.07) is -0.504. The van der Waals surface area contributed by atoms with Crippen LogP contribution in [0.3, 0.4) is 0 Å². The molecule has 1 unspecified atom stereocenters. The van der Waals surface area contributed by atoms with Crippen LogP contribution < -0.4 is 5.73 Å². The summed E-state index contributed by atoms with van der Waals surface area (Å²) in [6.07, 6.45) is 4.47. The van der Waals surface area contributed by atoms with Crippen molar-refractivity contribution < 1.29 is 9.90 Å². The van der Waals surface area contributed by atoms with E-state index >= 15 is 0 Å². The van der Waals surface area contributed by atoms with E-state index in [9.17, 15) is 4.79 Å². The molecule has 1 amide bonds. The molecular weight excluding hydrogens is 228 g/mol. The van der Waals surface area contributed by atoms with Crippen LogP contribution in [0.2, 0.25) is 0 Å². The highest BCUT2D eigenvalue weighted by Crippen LogP contribution is 2.19. The van der Waals surface area contributed by atoms with Gasteiger partial charge >= 0.3 is 0 Å². The molecule has 0 aliphatic heterocycles. The van der Waals surface area contributed by atoms with Crippen LogP contribution in [0.25, 0.3) is 0 Å². The van der Waals surface area contributed by atoms with Crippen LogP contribution in [0.4, 0.5) is 0 Å². The van der Waals surface area contributed by atoms with Crippen molar-refractivity contribution in [1.29, 1.82) is 0 Å². The molecule has 1 atom stereocenters. The van der Waals surface area contributed by atoms with Crippen LogP contribution in [0, 0.1) is 5.41 Å². The summed E-state index contributed by atoms with van der Waals surface area (Å²) < 4.78 is 0. The highest BCUT2D eigenvalue weighted by molar-refractivity contribution is 5.82. The molecule has 18 heavy (non-hydrogen) atoms. The van der Waals surface area contributed by atoms with Gasteiger partial charge in [-0.3, -0.25) is 4.79 Å². The van der Waals surface area contributed by atoms with Crippen molar-refractivity contribution in [3.05, 3.63) is 0 Å². The van der Waals surface area contributed by atoms with Crippen LogP contribution in [0.15, 0.2) is 0 Å². The van der Waals surface area contributed by atoms with Gasteiger partial charge in [0.1, 0.15) is 0 Å². The smallest absolute Gasteiger partial charge is 0.240 e. The van der Waals surface area contributed by atoms with Crippen molar-refractivity contribution in [3.8, 4) is 0 Å². The number of rotatable bonds is 8. The van der Waals surface area contributed by atoms with Gasteiger partial charge in [0, 0.05) is 13.1 Å². The van der Waals surface area contributed by atoms with Gasteiger partial charge in [0.2, 0.25) is 5.91 Å². The number of amides is 1. The summed E-state index contributed by atoms with van der Waals surface area (Å²) in [5, 5.41) is 9.04. The number of nitrogens with zero attached hydrogens (tertiary/aromatic N) is 1. The Labute approximate surface area is 112 Å². The van der Waals surface area contributed by atoms with Gasteiger partial charge in [0.15, 0.2) is 0 Å². The largest absolute Gasteiger partial charge is 0.395 e. The summed E-state index contributed by atoms with van der Waals surface area (Å²) in [6.45, 7) is 9.12. The van der Waals surface area contributed by atoms with Crippen molar-refractivity contribution in [3.63, 3.8) is 0 Å². The van der Waals surface area contributed by atoms with E-state index in [1.165, 1.54) is 12.8 Å². The third-order valence-corrected chi connectivity index (χ3v) is 3.16. The molecule has 108 valence electrons. The summed E-state index contributed by atoms with van der Waals surface area (Å²) >= 11 is 0. The molecule has 0 aromatic heterocycles. The van der Waals surface area contributed by atoms with Gasteiger partial charge in [-0.25, -0.2) is 0 Å². The highest BCUT2D eigenvalue weighted by Gasteiger charge is 2.30. The van der Waals surface area contributed by atoms with E-state index in [1.807, 2.05) is 20.8 Å². The minimum atomic E-state index is -0.504. The molecule has 0 saturated heterocycles. The first-order valence-corrected chi connectivity index (χ1v) is 6.99. The zero-order chi connectivity index (χ0) is 14.2. The van der Waals surface area contributed by atoms with Crippen molar-refractivity contribution in [2.75, 3.05) is 19.7 Å². The predicted octanol–water partition coefficient (Wildman–Crippen LogP) is 1.76. The summed E-state index contributed by atoms with van der Waals surface area (Å²) in [7, 11) is 0. The van der Waals surface area contributed by atoms with E-state index in [2.05, 4.69) is 6.92 Å². The zero-order valence-electron chi connectivity index (χ0n) is 12.4. The first-order chi connectivity index (χ1) is 8.34. The summed E-state index contributed by atoms with van der Waals surface area (Å²) in [5.74, 6) is -0.0481. The number of hydrogen-bond donors (Lipinski definition) is 2. The molecule has 0 spiro atoms. The van der Waals surface area contributed by atoms with Crippen molar-refractivity contribution in [2.24, 2.45) is 11.1 Å². The van der Waals surface area contributed by atoms with Gasteiger partial charge < -0.3 is 15.7 Å². The molecule has 4 nitrogen and oxygen atoms in total. The molecule has 0 aliphatic carbocycles. The van der Waals surface area contributed by atoms with E-state index in [0.29, 0.717) is 13.1 Å². The molecule has 0 radical (unpaired) electrons. The second kappa shape index (κ2) is 8.48. The monoisotopic (exact) mass is 258 g/mol. The molecule has 3 N–H and O–H groups in total. The van der Waals surface area contributed by atoms with Crippen LogP contribution in [-0.2, 0) is 4.79 Å². The average molecular weight is 258 g/mol. The Morgan fingerprint density at radius 3 is 2.28 bits per heavy atom. The lowest BCUT2D eigenvalue weighted by atomic mass is 9.86. The van der Waals surface area contributed by atoms with Crippen LogP contribution in [0.1, 0.15) is 53.4 Å². The Morgan fingerprint density at radius 1 is 1.22 bits per heavy atom. The van der Waals surface area contributed by atoms with Crippen LogP contribution in [0.5, 0.6) is 0 Å². The summed E-state index contributed by atoms with van der Waals surface area (Å²) in [5.41, 5.74) is 5.74. The van der Waals surface area contributed by atoms with Crippen molar-refractivity contribution >= 4 is 5.91 Å². The fourth-order valence-electron chi connectivity index (χ4n) is 1.75. The first-order valence-electron chi connectivity index (χ1n) is 6.99. The Kier molecular flexibility index (Phi) is 8.20. The Bertz CT molecular complexity index is 236. The van der Waals surface area contributed by atoms with Gasteiger partial charge in [-0.1, -0.05) is 47.0 Å². The molecule has 4 heteroatoms. The number of carbonyl (C=O) groups is 1. The first kappa shape index (κ1) is 17.4. The number of hydrogen-bond acceptors (Lipinski definition) is 3. The lowest BCUT2D eigenvalue weighted by Crippen LogP contribution is -2.51. The Hall–Kier alpha value is -0.610. The predicted molar refractivity (Wildman–Crippen MR) is 75.2 cm³/mol. The Balaban J connectivity index is 4.35. The van der Waals surface area contributed by atoms with Gasteiger partial charge in [-0.15, -0.1) is 0 Å². The van der Waals surface area contributed by atoms with Crippen molar-refractivity contribution in [2.45, 2.75) is 59.4 Å². The van der Waals surface area contributed by atoms with E-state index in [0.717, 1.165) is 12.8 Å². The molecule has 0 bridgehead atoms. The van der Waals surface area contributed by atoms with Gasteiger partial charge in [0.05, 0.1) is 12.6 Å². The quantitative estimate of drug-likeness (QED) is 0.652. The van der Waals surface area contributed by atoms with Gasteiger partial charge in [-0.05, 0) is 11.8 Å². The highest BCUT2D eigenvalue weighted by atomic mass is 16.3. The maximum atomic E-state index is 12.2. The summed E-state index contributed by atoms with van der Waals surface area (Å²) in [4.78, 5) is 13.9. The maximum Gasteiger partial charge on any atom is 0.240 e.